The Balaban J connectivity index is 3.12. The number of methoxy groups -OCH3 is 1. The molecule has 6 heteroatoms. The van der Waals surface area contributed by atoms with Crippen molar-refractivity contribution in [3.05, 3.63) is 28.3 Å². The van der Waals surface area contributed by atoms with Gasteiger partial charge in [-0.3, -0.25) is 10.1 Å². The maximum Gasteiger partial charge on any atom is 0.333 e. The van der Waals surface area contributed by atoms with Gasteiger partial charge in [-0.15, -0.1) is 0 Å². The van der Waals surface area contributed by atoms with Gasteiger partial charge in [0.25, 0.3) is 0 Å². The number of hydrogen-bond donors (Lipinski definition) is 2. The van der Waals surface area contributed by atoms with Crippen LogP contribution >= 0.6 is 0 Å². The average molecular weight is 254 g/mol. The number of nitrogens with one attached hydrogen (secondary N) is 1. The Hall–Kier alpha value is -1.82. The zero-order chi connectivity index (χ0) is 13.8. The number of aliphatic hydroxyl groups excluding tert-OH is 1. The van der Waals surface area contributed by atoms with E-state index in [1.54, 1.807) is 18.2 Å². The number of nitrogens with zero attached hydrogens (tertiary/aromatic N) is 1. The van der Waals surface area contributed by atoms with Crippen LogP contribution in [-0.4, -0.2) is 29.3 Å². The van der Waals surface area contributed by atoms with E-state index in [1.165, 1.54) is 7.11 Å². The van der Waals surface area contributed by atoms with Gasteiger partial charge in [0.1, 0.15) is 5.69 Å². The minimum Gasteiger partial charge on any atom is -0.490 e. The molecule has 1 rings (SSSR count). The number of rotatable bonds is 6. The van der Waals surface area contributed by atoms with E-state index < -0.39 is 10.5 Å². The van der Waals surface area contributed by atoms with Crippen LogP contribution in [0.5, 0.6) is 5.75 Å². The van der Waals surface area contributed by atoms with Gasteiger partial charge in [0.15, 0.2) is 5.75 Å². The number of para-hydroxylation sites is 1. The van der Waals surface area contributed by atoms with Crippen LogP contribution in [0.4, 0.5) is 11.4 Å². The Labute approximate surface area is 106 Å². The highest BCUT2D eigenvalue weighted by atomic mass is 16.6. The number of anilines is 1. The molecule has 0 bridgehead atoms. The summed E-state index contributed by atoms with van der Waals surface area (Å²) in [6, 6.07) is 4.85. The van der Waals surface area contributed by atoms with Crippen molar-refractivity contribution in [2.24, 2.45) is 0 Å². The smallest absolute Gasteiger partial charge is 0.333 e. The summed E-state index contributed by atoms with van der Waals surface area (Å²) in [6.07, 6.45) is 0.487. The lowest BCUT2D eigenvalue weighted by Gasteiger charge is -2.26. The third-order valence-electron chi connectivity index (χ3n) is 2.61. The molecule has 0 radical (unpaired) electrons. The first-order valence-corrected chi connectivity index (χ1v) is 5.61. The van der Waals surface area contributed by atoms with E-state index in [9.17, 15) is 10.1 Å². The van der Waals surface area contributed by atoms with Crippen LogP contribution in [0.2, 0.25) is 0 Å². The van der Waals surface area contributed by atoms with E-state index in [1.807, 2.05) is 13.8 Å². The monoisotopic (exact) mass is 254 g/mol. The average Bonchev–Trinajstić information content (AvgIpc) is 2.27. The molecule has 1 aromatic carbocycles. The number of aliphatic hydroxyl groups is 1. The Bertz CT molecular complexity index is 432. The second-order valence-electron chi connectivity index (χ2n) is 4.60. The van der Waals surface area contributed by atoms with Crippen molar-refractivity contribution in [2.45, 2.75) is 25.8 Å². The number of ether oxygens (including phenoxy) is 1. The second-order valence-corrected chi connectivity index (χ2v) is 4.60. The Morgan fingerprint density at radius 2 is 2.17 bits per heavy atom. The molecule has 0 saturated heterocycles. The fraction of sp³-hybridized carbons (Fsp3) is 0.500. The summed E-state index contributed by atoms with van der Waals surface area (Å²) < 4.78 is 4.99. The molecule has 0 aromatic heterocycles. The summed E-state index contributed by atoms with van der Waals surface area (Å²) in [4.78, 5) is 10.6. The topological polar surface area (TPSA) is 84.6 Å². The molecule has 6 nitrogen and oxygen atoms in total. The highest BCUT2D eigenvalue weighted by molar-refractivity contribution is 5.69. The Kier molecular flexibility index (Phi) is 4.49. The standard InChI is InChI=1S/C12H18N2O4/c1-12(2,7-8-15)13-9-5-4-6-10(18-3)11(9)14(16)17/h4-6,13,15H,7-8H2,1-3H3. The zero-order valence-corrected chi connectivity index (χ0v) is 10.8. The van der Waals surface area contributed by atoms with Crippen molar-refractivity contribution in [1.29, 1.82) is 0 Å². The maximum absolute atomic E-state index is 11.1. The number of hydrogen-bond acceptors (Lipinski definition) is 5. The van der Waals surface area contributed by atoms with Crippen LogP contribution in [0.1, 0.15) is 20.3 Å². The van der Waals surface area contributed by atoms with Gasteiger partial charge in [0, 0.05) is 12.1 Å². The number of nitro benzene ring substituents is 1. The summed E-state index contributed by atoms with van der Waals surface area (Å²) in [6.45, 7) is 3.75. The second kappa shape index (κ2) is 5.68. The van der Waals surface area contributed by atoms with Crippen molar-refractivity contribution < 1.29 is 14.8 Å². The summed E-state index contributed by atoms with van der Waals surface area (Å²) in [5.74, 6) is 0.213. The summed E-state index contributed by atoms with van der Waals surface area (Å²) in [5, 5.41) is 23.1. The van der Waals surface area contributed by atoms with Gasteiger partial charge in [0.2, 0.25) is 0 Å². The lowest BCUT2D eigenvalue weighted by atomic mass is 10.0. The Morgan fingerprint density at radius 1 is 1.50 bits per heavy atom. The molecule has 2 N–H and O–H groups in total. The van der Waals surface area contributed by atoms with E-state index >= 15 is 0 Å². The van der Waals surface area contributed by atoms with E-state index in [2.05, 4.69) is 5.32 Å². The highest BCUT2D eigenvalue weighted by Gasteiger charge is 2.25. The zero-order valence-electron chi connectivity index (χ0n) is 10.8. The fourth-order valence-electron chi connectivity index (χ4n) is 1.68. The lowest BCUT2D eigenvalue weighted by Crippen LogP contribution is -2.32. The third kappa shape index (κ3) is 3.33. The lowest BCUT2D eigenvalue weighted by molar-refractivity contribution is -0.384. The molecule has 1 aromatic rings. The first-order valence-electron chi connectivity index (χ1n) is 5.61. The van der Waals surface area contributed by atoms with E-state index in [4.69, 9.17) is 9.84 Å². The molecule has 0 fully saturated rings. The summed E-state index contributed by atoms with van der Waals surface area (Å²) in [5.41, 5.74) is -0.143. The van der Waals surface area contributed by atoms with E-state index in [0.717, 1.165) is 0 Å². The molecule has 0 spiro atoms. The SMILES string of the molecule is COc1cccc(NC(C)(C)CCO)c1[N+](=O)[O-]. The van der Waals surface area contributed by atoms with Crippen molar-refractivity contribution in [3.63, 3.8) is 0 Å². The van der Waals surface area contributed by atoms with Crippen molar-refractivity contribution in [1.82, 2.24) is 0 Å². The minimum absolute atomic E-state index is 0.0117. The maximum atomic E-state index is 11.1. The first-order chi connectivity index (χ1) is 8.41. The van der Waals surface area contributed by atoms with Gasteiger partial charge < -0.3 is 15.2 Å². The van der Waals surface area contributed by atoms with Crippen LogP contribution in [0.25, 0.3) is 0 Å². The third-order valence-corrected chi connectivity index (χ3v) is 2.61. The molecular formula is C12H18N2O4. The van der Waals surface area contributed by atoms with E-state index in [-0.39, 0.29) is 18.0 Å². The predicted octanol–water partition coefficient (Wildman–Crippen LogP) is 2.18. The van der Waals surface area contributed by atoms with Crippen molar-refractivity contribution >= 4 is 11.4 Å². The van der Waals surface area contributed by atoms with Crippen LogP contribution < -0.4 is 10.1 Å². The summed E-state index contributed by atoms with van der Waals surface area (Å²) in [7, 11) is 1.39. The van der Waals surface area contributed by atoms with Crippen molar-refractivity contribution in [3.8, 4) is 5.75 Å². The largest absolute Gasteiger partial charge is 0.490 e. The molecule has 0 saturated carbocycles. The van der Waals surface area contributed by atoms with Gasteiger partial charge in [-0.25, -0.2) is 0 Å². The number of benzene rings is 1. The Morgan fingerprint density at radius 3 is 2.67 bits per heavy atom. The molecule has 0 aliphatic rings. The molecule has 0 aliphatic heterocycles. The predicted molar refractivity (Wildman–Crippen MR) is 69.1 cm³/mol. The number of nitro groups is 1. The summed E-state index contributed by atoms with van der Waals surface area (Å²) >= 11 is 0. The van der Waals surface area contributed by atoms with Gasteiger partial charge in [-0.05, 0) is 32.4 Å². The van der Waals surface area contributed by atoms with Gasteiger partial charge in [-0.2, -0.15) is 0 Å². The molecule has 100 valence electrons. The van der Waals surface area contributed by atoms with Crippen LogP contribution in [0, 0.1) is 10.1 Å². The molecule has 0 atom stereocenters. The molecule has 0 aliphatic carbocycles. The molecule has 0 amide bonds. The molecular weight excluding hydrogens is 236 g/mol. The quantitative estimate of drug-likeness (QED) is 0.600. The van der Waals surface area contributed by atoms with Crippen LogP contribution in [-0.2, 0) is 0 Å². The highest BCUT2D eigenvalue weighted by Crippen LogP contribution is 2.36. The fourth-order valence-corrected chi connectivity index (χ4v) is 1.68. The van der Waals surface area contributed by atoms with Gasteiger partial charge in [-0.1, -0.05) is 6.07 Å². The van der Waals surface area contributed by atoms with E-state index in [0.29, 0.717) is 12.1 Å². The molecule has 18 heavy (non-hydrogen) atoms. The minimum atomic E-state index is -0.476. The molecule has 0 heterocycles. The van der Waals surface area contributed by atoms with Crippen molar-refractivity contribution in [2.75, 3.05) is 19.0 Å². The van der Waals surface area contributed by atoms with Gasteiger partial charge in [0.05, 0.1) is 12.0 Å². The molecule has 0 unspecified atom stereocenters. The van der Waals surface area contributed by atoms with Crippen LogP contribution in [0.3, 0.4) is 0 Å². The van der Waals surface area contributed by atoms with Crippen LogP contribution in [0.15, 0.2) is 18.2 Å². The van der Waals surface area contributed by atoms with Gasteiger partial charge >= 0.3 is 5.69 Å². The first kappa shape index (κ1) is 14.2. The normalized spacial score (nSPS) is 11.1.